The molecule has 1 heterocycles. The minimum Gasteiger partial charge on any atom is -0.493 e. The Morgan fingerprint density at radius 2 is 1.95 bits per heavy atom. The molecule has 0 spiro atoms. The van der Waals surface area contributed by atoms with Crippen LogP contribution in [0.3, 0.4) is 0 Å². The standard InChI is InChI=1S/C13H17BrN4O2/c1-15-11(12-13(14)16-17-18(12)2)8-5-6-9(19-3)10(7-8)20-4/h5-7,11,15H,1-4H3. The number of methoxy groups -OCH3 is 2. The van der Waals surface area contributed by atoms with Crippen LogP contribution in [0.2, 0.25) is 0 Å². The second-order valence-corrected chi connectivity index (χ2v) is 4.98. The molecule has 0 aliphatic heterocycles. The molecule has 1 aromatic carbocycles. The van der Waals surface area contributed by atoms with E-state index in [0.717, 1.165) is 11.3 Å². The van der Waals surface area contributed by atoms with E-state index in [0.29, 0.717) is 16.1 Å². The number of halogens is 1. The van der Waals surface area contributed by atoms with E-state index in [1.807, 2.05) is 32.3 Å². The van der Waals surface area contributed by atoms with Crippen LogP contribution in [0.15, 0.2) is 22.8 Å². The smallest absolute Gasteiger partial charge is 0.161 e. The molecule has 1 atom stereocenters. The number of hydrogen-bond donors (Lipinski definition) is 1. The first kappa shape index (κ1) is 14.8. The van der Waals surface area contributed by atoms with Gasteiger partial charge in [-0.15, -0.1) is 5.10 Å². The van der Waals surface area contributed by atoms with Gasteiger partial charge in [0, 0.05) is 7.05 Å². The molecule has 1 aromatic heterocycles. The summed E-state index contributed by atoms with van der Waals surface area (Å²) in [7, 11) is 6.99. The van der Waals surface area contributed by atoms with Crippen LogP contribution >= 0.6 is 15.9 Å². The SMILES string of the molecule is CNC(c1ccc(OC)c(OC)c1)c1c(Br)nnn1C. The number of aromatic nitrogens is 3. The lowest BCUT2D eigenvalue weighted by molar-refractivity contribution is 0.354. The van der Waals surface area contributed by atoms with Gasteiger partial charge >= 0.3 is 0 Å². The summed E-state index contributed by atoms with van der Waals surface area (Å²) in [6.07, 6.45) is 0. The van der Waals surface area contributed by atoms with Crippen molar-refractivity contribution in [3.05, 3.63) is 34.1 Å². The predicted molar refractivity (Wildman–Crippen MR) is 79.2 cm³/mol. The Labute approximate surface area is 126 Å². The Bertz CT molecular complexity index is 581. The molecule has 6 nitrogen and oxygen atoms in total. The minimum atomic E-state index is -0.0517. The van der Waals surface area contributed by atoms with Crippen molar-refractivity contribution in [2.24, 2.45) is 7.05 Å². The normalized spacial score (nSPS) is 12.2. The van der Waals surface area contributed by atoms with Crippen LogP contribution in [0, 0.1) is 0 Å². The number of nitrogens with zero attached hydrogens (tertiary/aromatic N) is 3. The molecule has 0 radical (unpaired) electrons. The van der Waals surface area contributed by atoms with Gasteiger partial charge in [0.05, 0.1) is 26.0 Å². The van der Waals surface area contributed by atoms with Crippen LogP contribution < -0.4 is 14.8 Å². The fraction of sp³-hybridized carbons (Fsp3) is 0.385. The summed E-state index contributed by atoms with van der Waals surface area (Å²) in [6.45, 7) is 0. The largest absolute Gasteiger partial charge is 0.493 e. The second-order valence-electron chi connectivity index (χ2n) is 4.23. The average Bonchev–Trinajstić information content (AvgIpc) is 2.80. The van der Waals surface area contributed by atoms with Crippen LogP contribution in [0.4, 0.5) is 0 Å². The number of hydrogen-bond acceptors (Lipinski definition) is 5. The molecule has 0 aliphatic rings. The van der Waals surface area contributed by atoms with Crippen LogP contribution in [-0.2, 0) is 7.05 Å². The summed E-state index contributed by atoms with van der Waals surface area (Å²) in [5.41, 5.74) is 1.98. The molecule has 2 aromatic rings. The van der Waals surface area contributed by atoms with Gasteiger partial charge in [-0.05, 0) is 40.7 Å². The molecule has 1 unspecified atom stereocenters. The zero-order chi connectivity index (χ0) is 14.7. The van der Waals surface area contributed by atoms with E-state index in [4.69, 9.17) is 9.47 Å². The van der Waals surface area contributed by atoms with E-state index in [-0.39, 0.29) is 6.04 Å². The van der Waals surface area contributed by atoms with E-state index >= 15 is 0 Å². The van der Waals surface area contributed by atoms with Crippen molar-refractivity contribution in [1.82, 2.24) is 20.3 Å². The topological polar surface area (TPSA) is 61.2 Å². The highest BCUT2D eigenvalue weighted by Gasteiger charge is 2.21. The van der Waals surface area contributed by atoms with Gasteiger partial charge in [0.25, 0.3) is 0 Å². The van der Waals surface area contributed by atoms with Crippen molar-refractivity contribution in [1.29, 1.82) is 0 Å². The van der Waals surface area contributed by atoms with Crippen molar-refractivity contribution in [2.45, 2.75) is 6.04 Å². The first-order chi connectivity index (χ1) is 9.62. The summed E-state index contributed by atoms with van der Waals surface area (Å²) in [5.74, 6) is 1.39. The molecule has 108 valence electrons. The third-order valence-corrected chi connectivity index (χ3v) is 3.69. The van der Waals surface area contributed by atoms with Gasteiger partial charge in [0.2, 0.25) is 0 Å². The summed E-state index contributed by atoms with van der Waals surface area (Å²) in [4.78, 5) is 0. The van der Waals surface area contributed by atoms with E-state index in [1.54, 1.807) is 18.9 Å². The van der Waals surface area contributed by atoms with Crippen molar-refractivity contribution >= 4 is 15.9 Å². The molecule has 7 heteroatoms. The lowest BCUT2D eigenvalue weighted by Crippen LogP contribution is -2.21. The Hall–Kier alpha value is -1.60. The third-order valence-electron chi connectivity index (χ3n) is 3.13. The van der Waals surface area contributed by atoms with Crippen LogP contribution in [0.25, 0.3) is 0 Å². The van der Waals surface area contributed by atoms with Crippen molar-refractivity contribution in [3.8, 4) is 11.5 Å². The highest BCUT2D eigenvalue weighted by molar-refractivity contribution is 9.10. The van der Waals surface area contributed by atoms with Gasteiger partial charge in [-0.1, -0.05) is 11.3 Å². The maximum Gasteiger partial charge on any atom is 0.161 e. The van der Waals surface area contributed by atoms with Crippen molar-refractivity contribution in [2.75, 3.05) is 21.3 Å². The number of rotatable bonds is 5. The van der Waals surface area contributed by atoms with E-state index in [9.17, 15) is 0 Å². The van der Waals surface area contributed by atoms with Crippen molar-refractivity contribution in [3.63, 3.8) is 0 Å². The minimum absolute atomic E-state index is 0.0517. The first-order valence-electron chi connectivity index (χ1n) is 6.06. The molecule has 0 amide bonds. The molecule has 20 heavy (non-hydrogen) atoms. The monoisotopic (exact) mass is 340 g/mol. The number of aryl methyl sites for hydroxylation is 1. The zero-order valence-corrected chi connectivity index (χ0v) is 13.4. The second kappa shape index (κ2) is 6.23. The van der Waals surface area contributed by atoms with E-state index < -0.39 is 0 Å². The lowest BCUT2D eigenvalue weighted by atomic mass is 10.0. The molecule has 0 saturated carbocycles. The number of nitrogens with one attached hydrogen (secondary N) is 1. The number of ether oxygens (including phenoxy) is 2. The van der Waals surface area contributed by atoms with E-state index in [2.05, 4.69) is 31.6 Å². The van der Waals surface area contributed by atoms with Crippen LogP contribution in [0.1, 0.15) is 17.3 Å². The third kappa shape index (κ3) is 2.64. The quantitative estimate of drug-likeness (QED) is 0.900. The Balaban J connectivity index is 2.47. The molecular formula is C13H17BrN4O2. The molecule has 2 rings (SSSR count). The maximum absolute atomic E-state index is 5.35. The van der Waals surface area contributed by atoms with Gasteiger partial charge in [-0.2, -0.15) is 0 Å². The van der Waals surface area contributed by atoms with Crippen LogP contribution in [-0.4, -0.2) is 36.3 Å². The average molecular weight is 341 g/mol. The highest BCUT2D eigenvalue weighted by atomic mass is 79.9. The summed E-state index contributed by atoms with van der Waals surface area (Å²) < 4.78 is 13.1. The van der Waals surface area contributed by atoms with Gasteiger partial charge in [-0.3, -0.25) is 0 Å². The molecule has 0 fully saturated rings. The highest BCUT2D eigenvalue weighted by Crippen LogP contribution is 2.33. The molecule has 1 N–H and O–H groups in total. The first-order valence-corrected chi connectivity index (χ1v) is 6.86. The molecular weight excluding hydrogens is 324 g/mol. The fourth-order valence-corrected chi connectivity index (χ4v) is 2.70. The van der Waals surface area contributed by atoms with Crippen LogP contribution in [0.5, 0.6) is 11.5 Å². The zero-order valence-electron chi connectivity index (χ0n) is 11.8. The van der Waals surface area contributed by atoms with Gasteiger partial charge in [0.1, 0.15) is 0 Å². The predicted octanol–water partition coefficient (Wildman–Crippen LogP) is 1.90. The summed E-state index contributed by atoms with van der Waals surface area (Å²) >= 11 is 3.43. The Kier molecular flexibility index (Phi) is 4.61. The molecule has 0 saturated heterocycles. The van der Waals surface area contributed by atoms with E-state index in [1.165, 1.54) is 0 Å². The lowest BCUT2D eigenvalue weighted by Gasteiger charge is -2.18. The molecule has 0 aliphatic carbocycles. The Morgan fingerprint density at radius 1 is 1.25 bits per heavy atom. The van der Waals surface area contributed by atoms with Gasteiger partial charge < -0.3 is 14.8 Å². The Morgan fingerprint density at radius 3 is 2.45 bits per heavy atom. The fourth-order valence-electron chi connectivity index (χ4n) is 2.14. The van der Waals surface area contributed by atoms with Gasteiger partial charge in [-0.25, -0.2) is 4.68 Å². The van der Waals surface area contributed by atoms with Crippen molar-refractivity contribution < 1.29 is 9.47 Å². The maximum atomic E-state index is 5.35. The van der Waals surface area contributed by atoms with Gasteiger partial charge in [0.15, 0.2) is 16.1 Å². The summed E-state index contributed by atoms with van der Waals surface area (Å²) in [5, 5.41) is 11.3. The number of benzene rings is 1. The summed E-state index contributed by atoms with van der Waals surface area (Å²) in [6, 6.07) is 5.77. The molecule has 0 bridgehead atoms.